The van der Waals surface area contributed by atoms with Gasteiger partial charge in [-0.25, -0.2) is 0 Å². The summed E-state index contributed by atoms with van der Waals surface area (Å²) in [6.07, 6.45) is 1.51. The molecule has 106 valence electrons. The smallest absolute Gasteiger partial charge is 0.142 e. The van der Waals surface area contributed by atoms with Crippen LogP contribution in [0, 0.1) is 0 Å². The van der Waals surface area contributed by atoms with E-state index in [4.69, 9.17) is 9.47 Å². The molecule has 3 N–H and O–H groups in total. The topological polar surface area (TPSA) is 62.8 Å². The predicted octanol–water partition coefficient (Wildman–Crippen LogP) is 1.23. The van der Waals surface area contributed by atoms with E-state index < -0.39 is 5.60 Å². The number of piperidine rings is 1. The van der Waals surface area contributed by atoms with Gasteiger partial charge in [0.05, 0.1) is 25.5 Å². The number of aliphatic hydroxyl groups is 1. The summed E-state index contributed by atoms with van der Waals surface area (Å²) in [4.78, 5) is 0. The lowest BCUT2D eigenvalue weighted by Gasteiger charge is -2.33. The average molecular weight is 266 g/mol. The van der Waals surface area contributed by atoms with Gasteiger partial charge in [0.2, 0.25) is 0 Å². The first-order valence-electron chi connectivity index (χ1n) is 6.56. The van der Waals surface area contributed by atoms with Crippen LogP contribution in [0.3, 0.4) is 0 Å². The molecule has 0 unspecified atom stereocenters. The van der Waals surface area contributed by atoms with Crippen molar-refractivity contribution in [2.24, 2.45) is 0 Å². The van der Waals surface area contributed by atoms with E-state index in [2.05, 4.69) is 10.6 Å². The van der Waals surface area contributed by atoms with Crippen LogP contribution in [-0.4, -0.2) is 44.6 Å². The minimum absolute atomic E-state index is 0.512. The molecule has 0 radical (unpaired) electrons. The van der Waals surface area contributed by atoms with Gasteiger partial charge < -0.3 is 25.2 Å². The molecule has 2 rings (SSSR count). The lowest BCUT2D eigenvalue weighted by atomic mass is 9.92. The molecule has 1 aliphatic heterocycles. The summed E-state index contributed by atoms with van der Waals surface area (Å²) in [6, 6.07) is 5.58. The minimum atomic E-state index is -0.653. The Hall–Kier alpha value is -1.46. The SMILES string of the molecule is COc1ccc(OC)c(NCC2(O)CCNCC2)c1. The van der Waals surface area contributed by atoms with E-state index in [1.165, 1.54) is 0 Å². The fourth-order valence-corrected chi connectivity index (χ4v) is 2.28. The third-order valence-corrected chi connectivity index (χ3v) is 3.55. The first-order valence-corrected chi connectivity index (χ1v) is 6.56. The van der Waals surface area contributed by atoms with Crippen molar-refractivity contribution in [3.05, 3.63) is 18.2 Å². The summed E-state index contributed by atoms with van der Waals surface area (Å²) in [5.41, 5.74) is 0.188. The molecule has 0 amide bonds. The molecule has 0 saturated carbocycles. The molecule has 5 heteroatoms. The standard InChI is InChI=1S/C14H22N2O3/c1-18-11-3-4-13(19-2)12(9-11)16-10-14(17)5-7-15-8-6-14/h3-4,9,15-17H,5-8,10H2,1-2H3. The largest absolute Gasteiger partial charge is 0.497 e. The highest BCUT2D eigenvalue weighted by molar-refractivity contribution is 5.59. The second-order valence-electron chi connectivity index (χ2n) is 4.89. The zero-order valence-corrected chi connectivity index (χ0v) is 11.5. The molecule has 19 heavy (non-hydrogen) atoms. The molecular weight excluding hydrogens is 244 g/mol. The summed E-state index contributed by atoms with van der Waals surface area (Å²) in [5.74, 6) is 1.51. The van der Waals surface area contributed by atoms with E-state index in [1.54, 1.807) is 14.2 Å². The van der Waals surface area contributed by atoms with Crippen molar-refractivity contribution in [2.75, 3.05) is 39.2 Å². The Kier molecular flexibility index (Phi) is 4.50. The van der Waals surface area contributed by atoms with Crippen LogP contribution in [0.4, 0.5) is 5.69 Å². The van der Waals surface area contributed by atoms with Crippen molar-refractivity contribution >= 4 is 5.69 Å². The maximum atomic E-state index is 10.4. The fraction of sp³-hybridized carbons (Fsp3) is 0.571. The van der Waals surface area contributed by atoms with Crippen LogP contribution in [0.5, 0.6) is 11.5 Å². The molecule has 0 bridgehead atoms. The number of hydrogen-bond donors (Lipinski definition) is 3. The summed E-state index contributed by atoms with van der Waals surface area (Å²) < 4.78 is 10.5. The van der Waals surface area contributed by atoms with Crippen molar-refractivity contribution in [1.82, 2.24) is 5.32 Å². The van der Waals surface area contributed by atoms with Gasteiger partial charge in [-0.1, -0.05) is 0 Å². The summed E-state index contributed by atoms with van der Waals surface area (Å²) in [7, 11) is 3.26. The Labute approximate surface area is 113 Å². The molecular formula is C14H22N2O3. The first kappa shape index (κ1) is 14.0. The van der Waals surface area contributed by atoms with Crippen molar-refractivity contribution in [1.29, 1.82) is 0 Å². The van der Waals surface area contributed by atoms with E-state index in [9.17, 15) is 5.11 Å². The monoisotopic (exact) mass is 266 g/mol. The number of ether oxygens (including phenoxy) is 2. The number of anilines is 1. The molecule has 0 aromatic heterocycles. The van der Waals surface area contributed by atoms with E-state index in [0.29, 0.717) is 6.54 Å². The Morgan fingerprint density at radius 1 is 1.26 bits per heavy atom. The molecule has 1 saturated heterocycles. The maximum Gasteiger partial charge on any atom is 0.142 e. The normalized spacial score (nSPS) is 17.8. The molecule has 0 atom stereocenters. The number of hydrogen-bond acceptors (Lipinski definition) is 5. The Balaban J connectivity index is 2.05. The van der Waals surface area contributed by atoms with Gasteiger partial charge in [-0.2, -0.15) is 0 Å². The predicted molar refractivity (Wildman–Crippen MR) is 75.1 cm³/mol. The van der Waals surface area contributed by atoms with Crippen LogP contribution in [0.2, 0.25) is 0 Å². The van der Waals surface area contributed by atoms with Gasteiger partial charge in [0, 0.05) is 12.6 Å². The molecule has 1 aromatic carbocycles. The molecule has 1 heterocycles. The van der Waals surface area contributed by atoms with Crippen LogP contribution in [0.15, 0.2) is 18.2 Å². The minimum Gasteiger partial charge on any atom is -0.497 e. The van der Waals surface area contributed by atoms with E-state index in [1.807, 2.05) is 18.2 Å². The van der Waals surface area contributed by atoms with Gasteiger partial charge in [0.25, 0.3) is 0 Å². The molecule has 0 aliphatic carbocycles. The van der Waals surface area contributed by atoms with Gasteiger partial charge in [-0.05, 0) is 38.1 Å². The van der Waals surface area contributed by atoms with Gasteiger partial charge >= 0.3 is 0 Å². The van der Waals surface area contributed by atoms with Gasteiger partial charge in [0.15, 0.2) is 0 Å². The van der Waals surface area contributed by atoms with Crippen LogP contribution < -0.4 is 20.1 Å². The summed E-state index contributed by atoms with van der Waals surface area (Å²) in [5, 5.41) is 17.0. The van der Waals surface area contributed by atoms with Crippen molar-refractivity contribution in [3.63, 3.8) is 0 Å². The Morgan fingerprint density at radius 3 is 2.63 bits per heavy atom. The van der Waals surface area contributed by atoms with E-state index in [-0.39, 0.29) is 0 Å². The highest BCUT2D eigenvalue weighted by Crippen LogP contribution is 2.30. The Morgan fingerprint density at radius 2 is 2.00 bits per heavy atom. The zero-order valence-electron chi connectivity index (χ0n) is 11.5. The van der Waals surface area contributed by atoms with Crippen molar-refractivity contribution < 1.29 is 14.6 Å². The first-order chi connectivity index (χ1) is 9.17. The van der Waals surface area contributed by atoms with E-state index >= 15 is 0 Å². The van der Waals surface area contributed by atoms with Crippen LogP contribution in [-0.2, 0) is 0 Å². The van der Waals surface area contributed by atoms with Crippen LogP contribution in [0.1, 0.15) is 12.8 Å². The van der Waals surface area contributed by atoms with E-state index in [0.717, 1.165) is 43.1 Å². The number of benzene rings is 1. The van der Waals surface area contributed by atoms with Crippen molar-refractivity contribution in [2.45, 2.75) is 18.4 Å². The number of nitrogens with one attached hydrogen (secondary N) is 2. The van der Waals surface area contributed by atoms with Crippen LogP contribution in [0.25, 0.3) is 0 Å². The molecule has 0 spiro atoms. The lowest BCUT2D eigenvalue weighted by molar-refractivity contribution is 0.0232. The Bertz CT molecular complexity index is 417. The molecule has 1 aromatic rings. The summed E-state index contributed by atoms with van der Waals surface area (Å²) >= 11 is 0. The average Bonchev–Trinajstić information content (AvgIpc) is 2.45. The van der Waals surface area contributed by atoms with Crippen molar-refractivity contribution in [3.8, 4) is 11.5 Å². The zero-order chi connectivity index (χ0) is 13.7. The van der Waals surface area contributed by atoms with Gasteiger partial charge in [-0.3, -0.25) is 0 Å². The van der Waals surface area contributed by atoms with Gasteiger partial charge in [0.1, 0.15) is 11.5 Å². The molecule has 1 aliphatic rings. The second-order valence-corrected chi connectivity index (χ2v) is 4.89. The fourth-order valence-electron chi connectivity index (χ4n) is 2.28. The quantitative estimate of drug-likeness (QED) is 0.748. The number of rotatable bonds is 5. The highest BCUT2D eigenvalue weighted by Gasteiger charge is 2.28. The third-order valence-electron chi connectivity index (χ3n) is 3.55. The third kappa shape index (κ3) is 3.52. The second kappa shape index (κ2) is 6.12. The highest BCUT2D eigenvalue weighted by atomic mass is 16.5. The molecule has 5 nitrogen and oxygen atoms in total. The maximum absolute atomic E-state index is 10.4. The summed E-state index contributed by atoms with van der Waals surface area (Å²) in [6.45, 7) is 2.22. The number of methoxy groups -OCH3 is 2. The van der Waals surface area contributed by atoms with Gasteiger partial charge in [-0.15, -0.1) is 0 Å². The lowest BCUT2D eigenvalue weighted by Crippen LogP contribution is -2.46. The van der Waals surface area contributed by atoms with Crippen LogP contribution >= 0.6 is 0 Å². The molecule has 1 fully saturated rings.